The third-order valence-corrected chi connectivity index (χ3v) is 3.69. The molecule has 1 aliphatic heterocycles. The smallest absolute Gasteiger partial charge is 0.0518 e. The maximum absolute atomic E-state index is 4.43. The fourth-order valence-corrected chi connectivity index (χ4v) is 2.60. The molecule has 4 nitrogen and oxygen atoms in total. The van der Waals surface area contributed by atoms with E-state index in [4.69, 9.17) is 0 Å². The summed E-state index contributed by atoms with van der Waals surface area (Å²) >= 11 is 0. The second-order valence-corrected chi connectivity index (χ2v) is 5.35. The third kappa shape index (κ3) is 3.01. The minimum absolute atomic E-state index is 0.633. The van der Waals surface area contributed by atoms with Gasteiger partial charge in [-0.1, -0.05) is 6.07 Å². The van der Waals surface area contributed by atoms with Crippen molar-refractivity contribution in [3.63, 3.8) is 0 Å². The molecule has 100 valence electrons. The van der Waals surface area contributed by atoms with Gasteiger partial charge in [-0.25, -0.2) is 0 Å². The van der Waals surface area contributed by atoms with E-state index in [-0.39, 0.29) is 0 Å². The average Bonchev–Trinajstić information content (AvgIpc) is 2.79. The molecule has 0 radical (unpaired) electrons. The van der Waals surface area contributed by atoms with Gasteiger partial charge in [-0.2, -0.15) is 5.10 Å². The lowest BCUT2D eigenvalue weighted by molar-refractivity contribution is 0.141. The molecule has 0 atom stereocenters. The van der Waals surface area contributed by atoms with Crippen molar-refractivity contribution in [1.82, 2.24) is 19.7 Å². The number of aromatic nitrogens is 3. The molecule has 0 unspecified atom stereocenters. The van der Waals surface area contributed by atoms with Gasteiger partial charge in [0.05, 0.1) is 6.20 Å². The van der Waals surface area contributed by atoms with Crippen LogP contribution in [0, 0.1) is 6.92 Å². The summed E-state index contributed by atoms with van der Waals surface area (Å²) < 4.78 is 2.03. The van der Waals surface area contributed by atoms with Gasteiger partial charge in [0, 0.05) is 43.6 Å². The third-order valence-electron chi connectivity index (χ3n) is 3.69. The lowest BCUT2D eigenvalue weighted by atomic mass is 9.95. The van der Waals surface area contributed by atoms with Gasteiger partial charge in [-0.15, -0.1) is 0 Å². The van der Waals surface area contributed by atoms with Crippen LogP contribution >= 0.6 is 0 Å². The van der Waals surface area contributed by atoms with Crippen molar-refractivity contribution in [2.24, 2.45) is 0 Å². The molecule has 3 rings (SSSR count). The predicted octanol–water partition coefficient (Wildman–Crippen LogP) is 2.08. The largest absolute Gasteiger partial charge is 0.302 e. The second kappa shape index (κ2) is 5.53. The van der Waals surface area contributed by atoms with E-state index in [2.05, 4.69) is 40.2 Å². The van der Waals surface area contributed by atoms with E-state index in [1.54, 1.807) is 0 Å². The first-order valence-electron chi connectivity index (χ1n) is 6.93. The Morgan fingerprint density at radius 2 is 2.16 bits per heavy atom. The highest BCUT2D eigenvalue weighted by Gasteiger charge is 2.28. The maximum Gasteiger partial charge on any atom is 0.0518 e. The van der Waals surface area contributed by atoms with Crippen LogP contribution in [0.2, 0.25) is 0 Å². The van der Waals surface area contributed by atoms with Crippen LogP contribution in [-0.4, -0.2) is 39.3 Å². The van der Waals surface area contributed by atoms with Gasteiger partial charge in [0.15, 0.2) is 0 Å². The number of rotatable bonds is 5. The quantitative estimate of drug-likeness (QED) is 0.821. The Morgan fingerprint density at radius 1 is 1.26 bits per heavy atom. The first kappa shape index (κ1) is 12.4. The van der Waals surface area contributed by atoms with Crippen LogP contribution in [-0.2, 0) is 6.54 Å². The molecule has 0 spiro atoms. The van der Waals surface area contributed by atoms with Gasteiger partial charge in [0.2, 0.25) is 0 Å². The van der Waals surface area contributed by atoms with Crippen LogP contribution in [0.15, 0.2) is 36.8 Å². The fourth-order valence-electron chi connectivity index (χ4n) is 2.60. The van der Waals surface area contributed by atoms with E-state index < -0.39 is 0 Å². The highest BCUT2D eigenvalue weighted by Crippen LogP contribution is 2.25. The van der Waals surface area contributed by atoms with Gasteiger partial charge in [0.25, 0.3) is 0 Å². The molecule has 0 aliphatic carbocycles. The van der Waals surface area contributed by atoms with E-state index in [0.717, 1.165) is 32.6 Å². The molecule has 2 aromatic heterocycles. The molecule has 0 amide bonds. The molecule has 1 aliphatic rings. The van der Waals surface area contributed by atoms with Gasteiger partial charge in [-0.3, -0.25) is 9.67 Å². The van der Waals surface area contributed by atoms with Crippen LogP contribution in [0.4, 0.5) is 0 Å². The number of aryl methyl sites for hydroxylation is 2. The lowest BCUT2D eigenvalue weighted by Crippen LogP contribution is -2.45. The first-order chi connectivity index (χ1) is 9.31. The summed E-state index contributed by atoms with van der Waals surface area (Å²) in [5.41, 5.74) is 2.47. The summed E-state index contributed by atoms with van der Waals surface area (Å²) in [6, 6.07) is 6.19. The van der Waals surface area contributed by atoms with E-state index in [1.807, 2.05) is 23.1 Å². The van der Waals surface area contributed by atoms with Gasteiger partial charge in [-0.05, 0) is 37.6 Å². The number of hydrogen-bond donors (Lipinski definition) is 0. The van der Waals surface area contributed by atoms with Gasteiger partial charge in [0.1, 0.15) is 0 Å². The summed E-state index contributed by atoms with van der Waals surface area (Å²) in [7, 11) is 0. The second-order valence-electron chi connectivity index (χ2n) is 5.35. The zero-order valence-corrected chi connectivity index (χ0v) is 11.4. The van der Waals surface area contributed by atoms with Crippen LogP contribution in [0.1, 0.15) is 23.6 Å². The van der Waals surface area contributed by atoms with Crippen LogP contribution in [0.5, 0.6) is 0 Å². The summed E-state index contributed by atoms with van der Waals surface area (Å²) in [5, 5.41) is 4.31. The van der Waals surface area contributed by atoms with Gasteiger partial charge >= 0.3 is 0 Å². The molecule has 3 heterocycles. The number of hydrogen-bond acceptors (Lipinski definition) is 3. The van der Waals surface area contributed by atoms with Crippen molar-refractivity contribution >= 4 is 0 Å². The summed E-state index contributed by atoms with van der Waals surface area (Å²) in [6.45, 7) is 6.54. The Hall–Kier alpha value is -1.68. The van der Waals surface area contributed by atoms with Crippen LogP contribution in [0.25, 0.3) is 0 Å². The highest BCUT2D eigenvalue weighted by molar-refractivity contribution is 5.13. The molecule has 19 heavy (non-hydrogen) atoms. The lowest BCUT2D eigenvalue weighted by Gasteiger charge is -2.38. The fraction of sp³-hybridized carbons (Fsp3) is 0.467. The standard InChI is InChI=1S/C15H20N4/c1-13-9-17-19(10-13)8-4-7-18-11-14(12-18)15-5-2-3-6-16-15/h2-3,5-6,9-10,14H,4,7-8,11-12H2,1H3. The molecule has 1 saturated heterocycles. The zero-order valence-electron chi connectivity index (χ0n) is 11.4. The SMILES string of the molecule is Cc1cnn(CCCN2CC(c3ccccn3)C2)c1. The van der Waals surface area contributed by atoms with Crippen LogP contribution in [0.3, 0.4) is 0 Å². The Morgan fingerprint density at radius 3 is 2.84 bits per heavy atom. The van der Waals surface area contributed by atoms with Gasteiger partial charge < -0.3 is 4.90 Å². The Balaban J connectivity index is 1.38. The van der Waals surface area contributed by atoms with Crippen molar-refractivity contribution in [2.45, 2.75) is 25.8 Å². The zero-order chi connectivity index (χ0) is 13.1. The van der Waals surface area contributed by atoms with E-state index in [0.29, 0.717) is 5.92 Å². The summed E-state index contributed by atoms with van der Waals surface area (Å²) in [5.74, 6) is 0.633. The molecule has 1 fully saturated rings. The molecule has 0 N–H and O–H groups in total. The number of nitrogens with zero attached hydrogens (tertiary/aromatic N) is 4. The first-order valence-corrected chi connectivity index (χ1v) is 6.93. The molecule has 4 heteroatoms. The minimum atomic E-state index is 0.633. The van der Waals surface area contributed by atoms with Crippen molar-refractivity contribution in [3.8, 4) is 0 Å². The van der Waals surface area contributed by atoms with Crippen molar-refractivity contribution in [3.05, 3.63) is 48.0 Å². The molecule has 0 aromatic carbocycles. The minimum Gasteiger partial charge on any atom is -0.302 e. The Bertz CT molecular complexity index is 514. The molecular formula is C15H20N4. The van der Waals surface area contributed by atoms with Crippen molar-refractivity contribution < 1.29 is 0 Å². The van der Waals surface area contributed by atoms with E-state index >= 15 is 0 Å². The maximum atomic E-state index is 4.43. The monoisotopic (exact) mass is 256 g/mol. The Kier molecular flexibility index (Phi) is 3.60. The number of likely N-dealkylation sites (tertiary alicyclic amines) is 1. The molecule has 2 aromatic rings. The Labute approximate surface area is 114 Å². The number of pyridine rings is 1. The van der Waals surface area contributed by atoms with E-state index in [1.165, 1.54) is 11.3 Å². The van der Waals surface area contributed by atoms with Crippen molar-refractivity contribution in [1.29, 1.82) is 0 Å². The predicted molar refractivity (Wildman–Crippen MR) is 75.0 cm³/mol. The van der Waals surface area contributed by atoms with E-state index in [9.17, 15) is 0 Å². The van der Waals surface area contributed by atoms with Crippen LogP contribution < -0.4 is 0 Å². The highest BCUT2D eigenvalue weighted by atomic mass is 15.3. The molecular weight excluding hydrogens is 236 g/mol. The summed E-state index contributed by atoms with van der Waals surface area (Å²) in [4.78, 5) is 6.92. The topological polar surface area (TPSA) is 34.0 Å². The molecule has 0 bridgehead atoms. The van der Waals surface area contributed by atoms with Crippen molar-refractivity contribution in [2.75, 3.05) is 19.6 Å². The normalized spacial score (nSPS) is 16.5. The average molecular weight is 256 g/mol. The summed E-state index contributed by atoms with van der Waals surface area (Å²) in [6.07, 6.45) is 7.07. The molecule has 0 saturated carbocycles.